The van der Waals surface area contributed by atoms with Crippen molar-refractivity contribution in [1.29, 1.82) is 0 Å². The Morgan fingerprint density at radius 1 is 1.00 bits per heavy atom. The molecule has 0 aromatic heterocycles. The Balaban J connectivity index is 2.09. The second kappa shape index (κ2) is 8.81. The number of thioether (sulfide) groups is 1. The SMILES string of the molecule is C=C/C(C)=C/[C@@](C)(SC(=O)Cc1ccc(-c2ccccc2)cc1)C(C)=O. The van der Waals surface area contributed by atoms with Gasteiger partial charge in [0, 0.05) is 6.42 Å². The van der Waals surface area contributed by atoms with Crippen molar-refractivity contribution < 1.29 is 9.59 Å². The Morgan fingerprint density at radius 2 is 1.58 bits per heavy atom. The van der Waals surface area contributed by atoms with Gasteiger partial charge in [-0.1, -0.05) is 90.7 Å². The number of hydrogen-bond acceptors (Lipinski definition) is 3. The van der Waals surface area contributed by atoms with Gasteiger partial charge < -0.3 is 0 Å². The Morgan fingerprint density at radius 3 is 2.12 bits per heavy atom. The zero-order chi connectivity index (χ0) is 19.2. The monoisotopic (exact) mass is 364 g/mol. The van der Waals surface area contributed by atoms with Crippen molar-refractivity contribution in [3.63, 3.8) is 0 Å². The van der Waals surface area contributed by atoms with E-state index in [1.54, 1.807) is 13.0 Å². The number of rotatable bonds is 7. The molecular weight excluding hydrogens is 340 g/mol. The topological polar surface area (TPSA) is 34.1 Å². The van der Waals surface area contributed by atoms with Crippen LogP contribution < -0.4 is 0 Å². The van der Waals surface area contributed by atoms with Gasteiger partial charge in [0.25, 0.3) is 0 Å². The first-order valence-corrected chi connectivity index (χ1v) is 9.35. The fraction of sp³-hybridized carbons (Fsp3) is 0.217. The molecule has 0 amide bonds. The number of ketones is 1. The first-order chi connectivity index (χ1) is 12.3. The molecule has 0 aliphatic carbocycles. The van der Waals surface area contributed by atoms with Crippen LogP contribution in [0.3, 0.4) is 0 Å². The highest BCUT2D eigenvalue weighted by atomic mass is 32.2. The highest BCUT2D eigenvalue weighted by Gasteiger charge is 2.31. The zero-order valence-electron chi connectivity index (χ0n) is 15.5. The molecule has 2 aromatic carbocycles. The summed E-state index contributed by atoms with van der Waals surface area (Å²) in [6.07, 6.45) is 3.79. The molecule has 0 N–H and O–H groups in total. The van der Waals surface area contributed by atoms with E-state index in [1.807, 2.05) is 55.5 Å². The summed E-state index contributed by atoms with van der Waals surface area (Å²) in [5.74, 6) is -0.0449. The maximum absolute atomic E-state index is 12.5. The average molecular weight is 365 g/mol. The van der Waals surface area contributed by atoms with Crippen LogP contribution in [0.25, 0.3) is 11.1 Å². The molecule has 0 heterocycles. The van der Waals surface area contributed by atoms with Gasteiger partial charge in [-0.05, 0) is 37.5 Å². The lowest BCUT2D eigenvalue weighted by Gasteiger charge is -2.22. The molecule has 0 radical (unpaired) electrons. The molecule has 0 spiro atoms. The minimum absolute atomic E-state index is 0.0247. The van der Waals surface area contributed by atoms with E-state index < -0.39 is 4.75 Å². The van der Waals surface area contributed by atoms with Gasteiger partial charge in [0.05, 0.1) is 4.75 Å². The molecule has 2 aromatic rings. The van der Waals surface area contributed by atoms with Crippen LogP contribution in [0, 0.1) is 0 Å². The number of carbonyl (C=O) groups excluding carboxylic acids is 2. The van der Waals surface area contributed by atoms with Crippen LogP contribution >= 0.6 is 11.8 Å². The molecule has 26 heavy (non-hydrogen) atoms. The van der Waals surface area contributed by atoms with E-state index in [-0.39, 0.29) is 10.9 Å². The summed E-state index contributed by atoms with van der Waals surface area (Å²) in [6.45, 7) is 8.88. The summed E-state index contributed by atoms with van der Waals surface area (Å²) < 4.78 is -0.862. The second-order valence-electron chi connectivity index (χ2n) is 6.47. The first-order valence-electron chi connectivity index (χ1n) is 8.53. The van der Waals surface area contributed by atoms with E-state index in [4.69, 9.17) is 0 Å². The minimum atomic E-state index is -0.862. The van der Waals surface area contributed by atoms with Gasteiger partial charge in [-0.3, -0.25) is 9.59 Å². The predicted molar refractivity (Wildman–Crippen MR) is 111 cm³/mol. The molecule has 0 fully saturated rings. The fourth-order valence-corrected chi connectivity index (χ4v) is 3.68. The zero-order valence-corrected chi connectivity index (χ0v) is 16.3. The van der Waals surface area contributed by atoms with Crippen molar-refractivity contribution in [1.82, 2.24) is 0 Å². The Kier molecular flexibility index (Phi) is 6.76. The van der Waals surface area contributed by atoms with Gasteiger partial charge in [0.2, 0.25) is 0 Å². The molecule has 0 bridgehead atoms. The molecule has 0 unspecified atom stereocenters. The molecule has 0 aliphatic rings. The number of allylic oxidation sites excluding steroid dienone is 2. The number of Topliss-reactive ketones (excluding diaryl/α,β-unsaturated/α-hetero) is 1. The minimum Gasteiger partial charge on any atom is -0.298 e. The lowest BCUT2D eigenvalue weighted by molar-refractivity contribution is -0.118. The van der Waals surface area contributed by atoms with E-state index in [2.05, 4.69) is 18.7 Å². The van der Waals surface area contributed by atoms with Crippen molar-refractivity contribution >= 4 is 22.7 Å². The fourth-order valence-electron chi connectivity index (χ4n) is 2.58. The Hall–Kier alpha value is -2.39. The highest BCUT2D eigenvalue weighted by Crippen LogP contribution is 2.31. The summed E-state index contributed by atoms with van der Waals surface area (Å²) in [6, 6.07) is 18.1. The van der Waals surface area contributed by atoms with E-state index in [0.29, 0.717) is 6.42 Å². The van der Waals surface area contributed by atoms with Crippen LogP contribution in [-0.4, -0.2) is 15.6 Å². The molecule has 1 atom stereocenters. The number of carbonyl (C=O) groups is 2. The molecular formula is C23H24O2S. The maximum atomic E-state index is 12.5. The lowest BCUT2D eigenvalue weighted by Crippen LogP contribution is -2.29. The van der Waals surface area contributed by atoms with Crippen molar-refractivity contribution in [2.45, 2.75) is 31.9 Å². The van der Waals surface area contributed by atoms with Crippen molar-refractivity contribution in [2.24, 2.45) is 0 Å². The summed E-state index contributed by atoms with van der Waals surface area (Å²) >= 11 is 1.08. The van der Waals surface area contributed by atoms with Crippen LogP contribution in [0.4, 0.5) is 0 Å². The van der Waals surface area contributed by atoms with Gasteiger partial charge in [-0.25, -0.2) is 0 Å². The van der Waals surface area contributed by atoms with Crippen LogP contribution in [-0.2, 0) is 16.0 Å². The second-order valence-corrected chi connectivity index (χ2v) is 7.98. The number of benzene rings is 2. The predicted octanol–water partition coefficient (Wildman–Crippen LogP) is 5.64. The Labute approximate surface area is 160 Å². The quantitative estimate of drug-likeness (QED) is 0.597. The third-order valence-electron chi connectivity index (χ3n) is 4.26. The van der Waals surface area contributed by atoms with Gasteiger partial charge in [-0.2, -0.15) is 0 Å². The molecule has 2 rings (SSSR count). The molecule has 2 nitrogen and oxygen atoms in total. The maximum Gasteiger partial charge on any atom is 0.194 e. The van der Waals surface area contributed by atoms with Crippen LogP contribution in [0.2, 0.25) is 0 Å². The van der Waals surface area contributed by atoms with Gasteiger partial charge in [0.15, 0.2) is 5.12 Å². The summed E-state index contributed by atoms with van der Waals surface area (Å²) in [4.78, 5) is 24.6. The Bertz CT molecular complexity index is 819. The van der Waals surface area contributed by atoms with Crippen LogP contribution in [0.5, 0.6) is 0 Å². The molecule has 0 aliphatic heterocycles. The van der Waals surface area contributed by atoms with E-state index in [9.17, 15) is 9.59 Å². The van der Waals surface area contributed by atoms with Gasteiger partial charge >= 0.3 is 0 Å². The van der Waals surface area contributed by atoms with E-state index >= 15 is 0 Å². The number of hydrogen-bond donors (Lipinski definition) is 0. The third-order valence-corrected chi connectivity index (χ3v) is 5.46. The lowest BCUT2D eigenvalue weighted by atomic mass is 10.0. The highest BCUT2D eigenvalue weighted by molar-refractivity contribution is 8.15. The molecule has 134 valence electrons. The summed E-state index contributed by atoms with van der Waals surface area (Å²) in [5, 5.41) is -0.0247. The van der Waals surface area contributed by atoms with Gasteiger partial charge in [-0.15, -0.1) is 0 Å². The van der Waals surface area contributed by atoms with E-state index in [1.165, 1.54) is 6.92 Å². The molecule has 0 saturated carbocycles. The third kappa shape index (κ3) is 5.30. The van der Waals surface area contributed by atoms with Crippen molar-refractivity contribution in [3.05, 3.63) is 84.5 Å². The largest absolute Gasteiger partial charge is 0.298 e. The van der Waals surface area contributed by atoms with Crippen molar-refractivity contribution in [2.75, 3.05) is 0 Å². The summed E-state index contributed by atoms with van der Waals surface area (Å²) in [7, 11) is 0. The van der Waals surface area contributed by atoms with Gasteiger partial charge in [0.1, 0.15) is 5.78 Å². The normalized spacial score (nSPS) is 13.7. The van der Waals surface area contributed by atoms with Crippen LogP contribution in [0.15, 0.2) is 78.9 Å². The summed E-state index contributed by atoms with van der Waals surface area (Å²) in [5.41, 5.74) is 4.09. The first kappa shape index (κ1) is 19.9. The molecule has 3 heteroatoms. The van der Waals surface area contributed by atoms with E-state index in [0.717, 1.165) is 34.0 Å². The smallest absolute Gasteiger partial charge is 0.194 e. The van der Waals surface area contributed by atoms with Crippen LogP contribution in [0.1, 0.15) is 26.3 Å². The standard InChI is InChI=1S/C23H24O2S/c1-5-17(2)16-23(4,18(3)24)26-22(25)15-19-11-13-21(14-12-19)20-9-7-6-8-10-20/h5-14,16H,1,15H2,2-4H3/b17-16+/t23-/m1/s1. The van der Waals surface area contributed by atoms with Crippen molar-refractivity contribution in [3.8, 4) is 11.1 Å². The molecule has 0 saturated heterocycles. The average Bonchev–Trinajstić information content (AvgIpc) is 2.62.